The van der Waals surface area contributed by atoms with Crippen molar-refractivity contribution in [1.82, 2.24) is 14.9 Å². The third-order valence-corrected chi connectivity index (χ3v) is 5.30. The first kappa shape index (κ1) is 17.1. The Bertz CT molecular complexity index is 794. The highest BCUT2D eigenvalue weighted by Gasteiger charge is 2.21. The second-order valence-electron chi connectivity index (χ2n) is 6.34. The summed E-state index contributed by atoms with van der Waals surface area (Å²) in [4.78, 5) is 31.1. The number of carbonyl (C=O) groups is 1. The Balaban J connectivity index is 1.62. The van der Waals surface area contributed by atoms with Crippen LogP contribution in [0.2, 0.25) is 0 Å². The number of carbonyl (C=O) groups excluding carboxylic acids is 1. The van der Waals surface area contributed by atoms with Crippen LogP contribution in [0.3, 0.4) is 0 Å². The van der Waals surface area contributed by atoms with Gasteiger partial charge in [-0.25, -0.2) is 4.98 Å². The molecule has 0 aromatic carbocycles. The van der Waals surface area contributed by atoms with Crippen molar-refractivity contribution in [3.05, 3.63) is 27.1 Å². The minimum atomic E-state index is -0.172. The van der Waals surface area contributed by atoms with Gasteiger partial charge < -0.3 is 10.1 Å². The maximum absolute atomic E-state index is 12.7. The van der Waals surface area contributed by atoms with Crippen molar-refractivity contribution in [1.29, 1.82) is 0 Å². The molecule has 6 nitrogen and oxygen atoms in total. The third kappa shape index (κ3) is 3.67. The molecule has 0 aliphatic heterocycles. The van der Waals surface area contributed by atoms with Gasteiger partial charge in [-0.05, 0) is 45.1 Å². The van der Waals surface area contributed by atoms with Crippen LogP contribution in [0.15, 0.2) is 11.1 Å². The Morgan fingerprint density at radius 3 is 3.08 bits per heavy atom. The lowest BCUT2D eigenvalue weighted by Crippen LogP contribution is -2.33. The lowest BCUT2D eigenvalue weighted by atomic mass is 10.2. The van der Waals surface area contributed by atoms with Gasteiger partial charge in [0.2, 0.25) is 5.91 Å². The molecule has 2 aromatic heterocycles. The number of ether oxygens (including phenoxy) is 1. The summed E-state index contributed by atoms with van der Waals surface area (Å²) in [5.74, 6) is -0.172. The third-order valence-electron chi connectivity index (χ3n) is 4.10. The molecule has 0 saturated heterocycles. The van der Waals surface area contributed by atoms with E-state index in [9.17, 15) is 9.59 Å². The zero-order valence-corrected chi connectivity index (χ0v) is 14.9. The molecule has 0 spiro atoms. The molecule has 7 heteroatoms. The minimum absolute atomic E-state index is 0.0113. The molecule has 130 valence electrons. The van der Waals surface area contributed by atoms with E-state index in [4.69, 9.17) is 4.74 Å². The first-order chi connectivity index (χ1) is 11.6. The van der Waals surface area contributed by atoms with Crippen LogP contribution in [-0.2, 0) is 28.9 Å². The summed E-state index contributed by atoms with van der Waals surface area (Å²) >= 11 is 1.61. The van der Waals surface area contributed by atoms with E-state index in [0.717, 1.165) is 36.1 Å². The summed E-state index contributed by atoms with van der Waals surface area (Å²) < 4.78 is 6.84. The van der Waals surface area contributed by atoms with E-state index in [1.807, 2.05) is 13.8 Å². The first-order valence-corrected chi connectivity index (χ1v) is 9.26. The quantitative estimate of drug-likeness (QED) is 0.775. The molecule has 1 aliphatic rings. The Morgan fingerprint density at radius 1 is 1.46 bits per heavy atom. The lowest BCUT2D eigenvalue weighted by molar-refractivity contribution is -0.121. The Morgan fingerprint density at radius 2 is 2.29 bits per heavy atom. The molecule has 3 rings (SSSR count). The molecular weight excluding hydrogens is 326 g/mol. The van der Waals surface area contributed by atoms with Crippen molar-refractivity contribution in [3.63, 3.8) is 0 Å². The predicted molar refractivity (Wildman–Crippen MR) is 94.6 cm³/mol. The fourth-order valence-electron chi connectivity index (χ4n) is 2.96. The Kier molecular flexibility index (Phi) is 5.30. The first-order valence-electron chi connectivity index (χ1n) is 8.44. The maximum atomic E-state index is 12.7. The van der Waals surface area contributed by atoms with E-state index in [-0.39, 0.29) is 24.1 Å². The Hall–Kier alpha value is -1.73. The molecule has 2 aromatic rings. The largest absolute Gasteiger partial charge is 0.379 e. The van der Waals surface area contributed by atoms with Gasteiger partial charge >= 0.3 is 0 Å². The number of hydrogen-bond acceptors (Lipinski definition) is 5. The zero-order chi connectivity index (χ0) is 17.1. The van der Waals surface area contributed by atoms with Gasteiger partial charge in [-0.2, -0.15) is 0 Å². The van der Waals surface area contributed by atoms with E-state index in [2.05, 4.69) is 10.3 Å². The van der Waals surface area contributed by atoms with Gasteiger partial charge in [0.25, 0.3) is 5.56 Å². The van der Waals surface area contributed by atoms with Crippen molar-refractivity contribution in [2.24, 2.45) is 0 Å². The van der Waals surface area contributed by atoms with Crippen LogP contribution < -0.4 is 10.9 Å². The summed E-state index contributed by atoms with van der Waals surface area (Å²) in [6, 6.07) is 0. The van der Waals surface area contributed by atoms with Gasteiger partial charge in [-0.1, -0.05) is 0 Å². The number of rotatable bonds is 7. The molecule has 0 atom stereocenters. The van der Waals surface area contributed by atoms with Crippen LogP contribution in [0.5, 0.6) is 0 Å². The number of aromatic nitrogens is 2. The minimum Gasteiger partial charge on any atom is -0.379 e. The molecule has 24 heavy (non-hydrogen) atoms. The van der Waals surface area contributed by atoms with Crippen LogP contribution in [0.25, 0.3) is 10.2 Å². The smallest absolute Gasteiger partial charge is 0.262 e. The van der Waals surface area contributed by atoms with Crippen LogP contribution in [0.4, 0.5) is 0 Å². The fraction of sp³-hybridized carbons (Fsp3) is 0.588. The van der Waals surface area contributed by atoms with E-state index < -0.39 is 0 Å². The average Bonchev–Trinajstić information content (AvgIpc) is 3.10. The normalized spacial score (nSPS) is 13.6. The Labute approximate surface area is 144 Å². The van der Waals surface area contributed by atoms with Crippen molar-refractivity contribution in [3.8, 4) is 0 Å². The molecule has 1 aliphatic carbocycles. The molecule has 0 fully saturated rings. The van der Waals surface area contributed by atoms with Gasteiger partial charge in [0.05, 0.1) is 17.8 Å². The average molecular weight is 349 g/mol. The fourth-order valence-corrected chi connectivity index (χ4v) is 4.18. The standard InChI is InChI=1S/C17H23N3O3S/c1-11(2)23-8-4-7-18-14(21)9-20-10-19-16-15(17(20)22)12-5-3-6-13(12)24-16/h10-11H,3-9H2,1-2H3,(H,18,21). The van der Waals surface area contributed by atoms with E-state index in [0.29, 0.717) is 18.5 Å². The summed E-state index contributed by atoms with van der Waals surface area (Å²) in [5, 5.41) is 3.54. The van der Waals surface area contributed by atoms with Crippen LogP contribution in [0.1, 0.15) is 37.1 Å². The number of aryl methyl sites for hydroxylation is 2. The lowest BCUT2D eigenvalue weighted by Gasteiger charge is -2.09. The molecule has 0 saturated carbocycles. The predicted octanol–water partition coefficient (Wildman–Crippen LogP) is 1.88. The van der Waals surface area contributed by atoms with Gasteiger partial charge in [0.15, 0.2) is 0 Å². The second kappa shape index (κ2) is 7.44. The SMILES string of the molecule is CC(C)OCCCNC(=O)Cn1cnc2sc3c(c2c1=O)CCC3. The van der Waals surface area contributed by atoms with E-state index in [1.165, 1.54) is 15.8 Å². The molecule has 0 bridgehead atoms. The second-order valence-corrected chi connectivity index (χ2v) is 7.42. The van der Waals surface area contributed by atoms with Crippen molar-refractivity contribution in [2.75, 3.05) is 13.2 Å². The van der Waals surface area contributed by atoms with E-state index >= 15 is 0 Å². The highest BCUT2D eigenvalue weighted by molar-refractivity contribution is 7.18. The zero-order valence-electron chi connectivity index (χ0n) is 14.1. The van der Waals surface area contributed by atoms with Gasteiger partial charge in [0.1, 0.15) is 11.4 Å². The number of thiophene rings is 1. The van der Waals surface area contributed by atoms with Gasteiger partial charge in [0, 0.05) is 18.0 Å². The highest BCUT2D eigenvalue weighted by Crippen LogP contribution is 2.34. The molecule has 1 N–H and O–H groups in total. The summed E-state index contributed by atoms with van der Waals surface area (Å²) in [7, 11) is 0. The number of hydrogen-bond donors (Lipinski definition) is 1. The summed E-state index contributed by atoms with van der Waals surface area (Å²) in [6.07, 6.45) is 5.52. The molecule has 1 amide bonds. The van der Waals surface area contributed by atoms with Gasteiger partial charge in [-0.3, -0.25) is 14.2 Å². The van der Waals surface area contributed by atoms with Crippen molar-refractivity contribution in [2.45, 2.75) is 52.2 Å². The number of amides is 1. The summed E-state index contributed by atoms with van der Waals surface area (Å²) in [6.45, 7) is 5.14. The summed E-state index contributed by atoms with van der Waals surface area (Å²) in [5.41, 5.74) is 1.05. The number of nitrogens with one attached hydrogen (secondary N) is 1. The van der Waals surface area contributed by atoms with Crippen molar-refractivity contribution < 1.29 is 9.53 Å². The van der Waals surface area contributed by atoms with Crippen LogP contribution in [-0.4, -0.2) is 34.7 Å². The van der Waals surface area contributed by atoms with Crippen LogP contribution >= 0.6 is 11.3 Å². The van der Waals surface area contributed by atoms with Crippen molar-refractivity contribution >= 4 is 27.5 Å². The molecule has 0 radical (unpaired) electrons. The molecule has 0 unspecified atom stereocenters. The number of fused-ring (bicyclic) bond motifs is 3. The van der Waals surface area contributed by atoms with Crippen LogP contribution in [0, 0.1) is 0 Å². The number of nitrogens with zero attached hydrogens (tertiary/aromatic N) is 2. The van der Waals surface area contributed by atoms with Gasteiger partial charge in [-0.15, -0.1) is 11.3 Å². The monoisotopic (exact) mass is 349 g/mol. The maximum Gasteiger partial charge on any atom is 0.262 e. The highest BCUT2D eigenvalue weighted by atomic mass is 32.1. The topological polar surface area (TPSA) is 73.2 Å². The van der Waals surface area contributed by atoms with E-state index in [1.54, 1.807) is 11.3 Å². The molecule has 2 heterocycles. The molecular formula is C17H23N3O3S.